The van der Waals surface area contributed by atoms with Gasteiger partial charge in [-0.15, -0.1) is 26.6 Å². The van der Waals surface area contributed by atoms with Crippen LogP contribution in [0.2, 0.25) is 0 Å². The summed E-state index contributed by atoms with van der Waals surface area (Å²) in [6.45, 7) is 1.34. The Labute approximate surface area is 227 Å². The molecule has 4 unspecified atom stereocenters. The summed E-state index contributed by atoms with van der Waals surface area (Å²) in [6, 6.07) is 6.18. The van der Waals surface area contributed by atoms with E-state index in [0.717, 1.165) is 27.4 Å². The lowest BCUT2D eigenvalue weighted by Crippen LogP contribution is -2.45. The maximum absolute atomic E-state index is 13.8. The summed E-state index contributed by atoms with van der Waals surface area (Å²) in [6.07, 6.45) is -1.23. The third kappa shape index (κ3) is 4.46. The Kier molecular flexibility index (Phi) is 6.66. The van der Waals surface area contributed by atoms with Gasteiger partial charge in [-0.3, -0.25) is 9.36 Å². The molecule has 3 aromatic heterocycles. The molecule has 2 aromatic carbocycles. The van der Waals surface area contributed by atoms with Crippen molar-refractivity contribution in [3.63, 3.8) is 0 Å². The molecule has 2 N–H and O–H groups in total. The van der Waals surface area contributed by atoms with Crippen LogP contribution in [0, 0.1) is 24.4 Å². The van der Waals surface area contributed by atoms with Crippen molar-refractivity contribution in [2.24, 2.45) is 0 Å². The number of aldehydes is 1. The minimum absolute atomic E-state index is 0.0193. The molecule has 1 saturated heterocycles. The summed E-state index contributed by atoms with van der Waals surface area (Å²) in [7, 11) is 0. The fourth-order valence-electron chi connectivity index (χ4n) is 4.84. The fraction of sp³-hybridized carbons (Fsp3) is 0.280. The monoisotopic (exact) mass is 571 g/mol. The predicted octanol–water partition coefficient (Wildman–Crippen LogP) is 3.10. The Balaban J connectivity index is 1.37. The molecule has 5 aromatic rings. The van der Waals surface area contributed by atoms with E-state index in [-0.39, 0.29) is 29.3 Å². The highest BCUT2D eigenvalue weighted by molar-refractivity contribution is 7.18. The first-order valence-electron chi connectivity index (χ1n) is 12.1. The molecule has 0 radical (unpaired) electrons. The average Bonchev–Trinajstić information content (AvgIpc) is 3.68. The number of aliphatic hydroxyl groups is 2. The number of carbonyl (C=O) groups excluding carboxylic acids is 1. The number of aryl methyl sites for hydroxylation is 1. The van der Waals surface area contributed by atoms with Gasteiger partial charge in [0.25, 0.3) is 0 Å². The van der Waals surface area contributed by atoms with Crippen molar-refractivity contribution in [2.45, 2.75) is 37.7 Å². The second-order valence-corrected chi connectivity index (χ2v) is 10.5. The summed E-state index contributed by atoms with van der Waals surface area (Å²) >= 11 is 1.49. The molecule has 0 saturated carbocycles. The van der Waals surface area contributed by atoms with Gasteiger partial charge in [0.05, 0.1) is 39.8 Å². The molecule has 6 rings (SSSR count). The maximum Gasteiger partial charge on any atom is 0.201 e. The van der Waals surface area contributed by atoms with Crippen molar-refractivity contribution < 1.29 is 32.9 Å². The third-order valence-corrected chi connectivity index (χ3v) is 7.66. The Morgan fingerprint density at radius 1 is 1.15 bits per heavy atom. The summed E-state index contributed by atoms with van der Waals surface area (Å²) in [5.41, 5.74) is 1.37. The lowest BCUT2D eigenvalue weighted by molar-refractivity contribution is -0.161. The summed E-state index contributed by atoms with van der Waals surface area (Å²) in [5, 5.41) is 37.9. The van der Waals surface area contributed by atoms with Crippen LogP contribution in [0.4, 0.5) is 13.2 Å². The molecule has 1 aliphatic rings. The maximum atomic E-state index is 13.8. The number of fused-ring (bicyclic) bond motifs is 1. The van der Waals surface area contributed by atoms with Gasteiger partial charge in [-0.05, 0) is 37.3 Å². The number of nitrogens with zero attached hydrogens (tertiary/aromatic N) is 7. The molecular weight excluding hydrogens is 551 g/mol. The van der Waals surface area contributed by atoms with Gasteiger partial charge in [0, 0.05) is 12.0 Å². The van der Waals surface area contributed by atoms with Gasteiger partial charge in [0.2, 0.25) is 5.82 Å². The van der Waals surface area contributed by atoms with Crippen LogP contribution in [0.1, 0.15) is 40.0 Å². The number of hydrogen-bond acceptors (Lipinski definition) is 10. The van der Waals surface area contributed by atoms with Crippen LogP contribution in [0.25, 0.3) is 27.2 Å². The van der Waals surface area contributed by atoms with E-state index >= 15 is 0 Å². The molecule has 0 amide bonds. The molecule has 15 heteroatoms. The molecular formula is C25H20F3N7O4S. The molecule has 0 spiro atoms. The molecule has 0 bridgehead atoms. The molecule has 1 fully saturated rings. The largest absolute Gasteiger partial charge is 0.394 e. The van der Waals surface area contributed by atoms with E-state index in [0.29, 0.717) is 12.0 Å². The number of rotatable bonds is 6. The van der Waals surface area contributed by atoms with Crippen LogP contribution in [0.5, 0.6) is 0 Å². The topological polar surface area (TPSA) is 141 Å². The molecule has 0 aliphatic carbocycles. The lowest BCUT2D eigenvalue weighted by atomic mass is 9.95. The Morgan fingerprint density at radius 2 is 1.93 bits per heavy atom. The Hall–Kier alpha value is -4.05. The fourth-order valence-corrected chi connectivity index (χ4v) is 5.70. The number of aliphatic hydroxyl groups excluding tert-OH is 2. The molecule has 4 heterocycles. The zero-order valence-electron chi connectivity index (χ0n) is 20.6. The lowest BCUT2D eigenvalue weighted by Gasteiger charge is -2.38. The normalized spacial score (nSPS) is 21.2. The third-order valence-electron chi connectivity index (χ3n) is 6.72. The van der Waals surface area contributed by atoms with E-state index < -0.39 is 48.4 Å². The number of ether oxygens (including phenoxy) is 1. The second kappa shape index (κ2) is 10.2. The zero-order chi connectivity index (χ0) is 28.1. The average molecular weight is 572 g/mol. The molecule has 1 aliphatic heterocycles. The van der Waals surface area contributed by atoms with Crippen molar-refractivity contribution >= 4 is 27.8 Å². The Bertz CT molecular complexity index is 1720. The highest BCUT2D eigenvalue weighted by Gasteiger charge is 2.42. The van der Waals surface area contributed by atoms with E-state index in [1.807, 2.05) is 19.1 Å². The van der Waals surface area contributed by atoms with Gasteiger partial charge in [0.1, 0.15) is 24.0 Å². The van der Waals surface area contributed by atoms with Gasteiger partial charge < -0.3 is 14.9 Å². The van der Waals surface area contributed by atoms with E-state index in [1.54, 1.807) is 6.07 Å². The van der Waals surface area contributed by atoms with Crippen LogP contribution < -0.4 is 0 Å². The number of carbonyl (C=O) groups is 1. The van der Waals surface area contributed by atoms with Gasteiger partial charge >= 0.3 is 0 Å². The van der Waals surface area contributed by atoms with E-state index in [1.165, 1.54) is 26.8 Å². The van der Waals surface area contributed by atoms with Crippen LogP contribution in [-0.2, 0) is 4.74 Å². The summed E-state index contributed by atoms with van der Waals surface area (Å²) in [5.74, 6) is -4.10. The SMILES string of the molecule is Cc1nc2ccc(-n3c(C=O)nnc3C3CC(n4cc(-c5cc(F)c(F)c(F)c5)nn4)C(O)C(CO)O3)cc2s1. The minimum atomic E-state index is -1.60. The van der Waals surface area contributed by atoms with E-state index in [9.17, 15) is 28.2 Å². The van der Waals surface area contributed by atoms with E-state index in [4.69, 9.17) is 4.74 Å². The minimum Gasteiger partial charge on any atom is -0.394 e. The number of benzene rings is 2. The molecule has 4 atom stereocenters. The van der Waals surface area contributed by atoms with Crippen molar-refractivity contribution in [3.05, 3.63) is 70.6 Å². The van der Waals surface area contributed by atoms with Crippen LogP contribution >= 0.6 is 11.3 Å². The van der Waals surface area contributed by atoms with Crippen molar-refractivity contribution in [3.8, 4) is 16.9 Å². The first-order valence-corrected chi connectivity index (χ1v) is 12.9. The van der Waals surface area contributed by atoms with Crippen LogP contribution in [0.3, 0.4) is 0 Å². The first kappa shape index (κ1) is 26.2. The molecule has 11 nitrogen and oxygen atoms in total. The standard InChI is InChI=1S/C25H20F3N7O4S/c1-11-29-16-3-2-13(6-21(16)40-11)35-22(10-37)31-32-25(35)19-7-18(24(38)20(9-36)39-19)34-8-17(30-33-34)12-4-14(26)23(28)15(27)5-12/h2-6,8,10,18-20,24,36,38H,7,9H2,1H3. The van der Waals surface area contributed by atoms with Crippen molar-refractivity contribution in [1.29, 1.82) is 0 Å². The van der Waals surface area contributed by atoms with E-state index in [2.05, 4.69) is 25.5 Å². The molecule has 40 heavy (non-hydrogen) atoms. The quantitative estimate of drug-likeness (QED) is 0.232. The smallest absolute Gasteiger partial charge is 0.201 e. The summed E-state index contributed by atoms with van der Waals surface area (Å²) in [4.78, 5) is 16.3. The highest BCUT2D eigenvalue weighted by atomic mass is 32.1. The first-order chi connectivity index (χ1) is 19.3. The van der Waals surface area contributed by atoms with Crippen LogP contribution in [0.15, 0.2) is 36.5 Å². The molecule has 206 valence electrons. The van der Waals surface area contributed by atoms with Crippen LogP contribution in [-0.4, -0.2) is 70.1 Å². The van der Waals surface area contributed by atoms with Gasteiger partial charge in [-0.1, -0.05) is 5.21 Å². The summed E-state index contributed by atoms with van der Waals surface area (Å²) < 4.78 is 50.7. The van der Waals surface area contributed by atoms with Gasteiger partial charge in [0.15, 0.2) is 29.6 Å². The zero-order valence-corrected chi connectivity index (χ0v) is 21.5. The van der Waals surface area contributed by atoms with Crippen molar-refractivity contribution in [1.82, 2.24) is 34.7 Å². The number of halogens is 3. The second-order valence-electron chi connectivity index (χ2n) is 9.23. The van der Waals surface area contributed by atoms with Gasteiger partial charge in [-0.25, -0.2) is 22.8 Å². The predicted molar refractivity (Wildman–Crippen MR) is 134 cm³/mol. The van der Waals surface area contributed by atoms with Gasteiger partial charge in [-0.2, -0.15) is 0 Å². The number of thiazole rings is 1. The Morgan fingerprint density at radius 3 is 2.65 bits per heavy atom. The highest BCUT2D eigenvalue weighted by Crippen LogP contribution is 2.38. The van der Waals surface area contributed by atoms with Crippen molar-refractivity contribution in [2.75, 3.05) is 6.61 Å². The number of hydrogen-bond donors (Lipinski definition) is 2. The number of aromatic nitrogens is 7.